The summed E-state index contributed by atoms with van der Waals surface area (Å²) in [6.07, 6.45) is 0. The molecule has 3 nitrogen and oxygen atoms in total. The summed E-state index contributed by atoms with van der Waals surface area (Å²) in [5.41, 5.74) is 7.85. The summed E-state index contributed by atoms with van der Waals surface area (Å²) in [6.45, 7) is 4.03. The van der Waals surface area contributed by atoms with Gasteiger partial charge in [-0.2, -0.15) is 0 Å². The molecule has 0 aliphatic heterocycles. The maximum absolute atomic E-state index is 8.94. The predicted octanol–water partition coefficient (Wildman–Crippen LogP) is 0.0720. The number of nitrogens with two attached hydrogens (primary N) is 1. The minimum atomic E-state index is -1.42. The van der Waals surface area contributed by atoms with Gasteiger partial charge in [-0.3, -0.25) is 0 Å². The summed E-state index contributed by atoms with van der Waals surface area (Å²) < 4.78 is 0. The Morgan fingerprint density at radius 2 is 1.92 bits per heavy atom. The van der Waals surface area contributed by atoms with E-state index in [1.54, 1.807) is 18.2 Å². The molecule has 1 aromatic rings. The van der Waals surface area contributed by atoms with Crippen LogP contribution in [-0.4, -0.2) is 17.2 Å². The molecule has 0 aliphatic rings. The highest BCUT2D eigenvalue weighted by Gasteiger charge is 2.13. The normalized spacial score (nSPS) is 10.5. The average Bonchev–Trinajstić information content (AvgIpc) is 2.04. The second kappa shape index (κ2) is 3.81. The molecule has 4 heteroatoms. The first-order chi connectivity index (χ1) is 6.02. The van der Waals surface area contributed by atoms with Crippen molar-refractivity contribution >= 4 is 18.3 Å². The maximum Gasteiger partial charge on any atom is 0.488 e. The Morgan fingerprint density at radius 1 is 1.31 bits per heavy atom. The van der Waals surface area contributed by atoms with Crippen molar-refractivity contribution in [3.63, 3.8) is 0 Å². The highest BCUT2D eigenvalue weighted by Crippen LogP contribution is 2.19. The van der Waals surface area contributed by atoms with Crippen molar-refractivity contribution in [2.75, 3.05) is 5.73 Å². The summed E-state index contributed by atoms with van der Waals surface area (Å²) in [5.74, 6) is 0.290. The fourth-order valence-corrected chi connectivity index (χ4v) is 1.25. The van der Waals surface area contributed by atoms with Gasteiger partial charge in [-0.15, -0.1) is 0 Å². The van der Waals surface area contributed by atoms with Crippen LogP contribution in [0.25, 0.3) is 0 Å². The topological polar surface area (TPSA) is 66.5 Å². The summed E-state index contributed by atoms with van der Waals surface area (Å²) >= 11 is 0. The summed E-state index contributed by atoms with van der Waals surface area (Å²) in [7, 11) is -1.42. The van der Waals surface area contributed by atoms with Crippen LogP contribution in [-0.2, 0) is 0 Å². The van der Waals surface area contributed by atoms with E-state index < -0.39 is 7.12 Å². The van der Waals surface area contributed by atoms with Gasteiger partial charge < -0.3 is 15.8 Å². The minimum Gasteiger partial charge on any atom is -0.423 e. The van der Waals surface area contributed by atoms with Crippen LogP contribution < -0.4 is 11.2 Å². The van der Waals surface area contributed by atoms with E-state index in [0.29, 0.717) is 17.1 Å². The van der Waals surface area contributed by atoms with Gasteiger partial charge in [0.2, 0.25) is 0 Å². The van der Waals surface area contributed by atoms with Crippen molar-refractivity contribution in [3.05, 3.63) is 23.8 Å². The first-order valence-electron chi connectivity index (χ1n) is 4.28. The molecule has 0 aromatic heterocycles. The molecule has 13 heavy (non-hydrogen) atoms. The highest BCUT2D eigenvalue weighted by atomic mass is 16.4. The number of rotatable bonds is 2. The van der Waals surface area contributed by atoms with Crippen molar-refractivity contribution in [1.82, 2.24) is 0 Å². The lowest BCUT2D eigenvalue weighted by Gasteiger charge is -2.10. The molecule has 0 heterocycles. The number of anilines is 1. The zero-order chi connectivity index (χ0) is 10.0. The quantitative estimate of drug-likeness (QED) is 0.444. The standard InChI is InChI=1S/C9H14BNO2/c1-6(2)8-5-7(10(12)13)3-4-9(8)11/h3-6,12-13H,11H2,1-2H3. The van der Waals surface area contributed by atoms with Gasteiger partial charge in [-0.05, 0) is 23.0 Å². The summed E-state index contributed by atoms with van der Waals surface area (Å²) in [4.78, 5) is 0. The smallest absolute Gasteiger partial charge is 0.423 e. The fourth-order valence-electron chi connectivity index (χ4n) is 1.25. The number of nitrogen functional groups attached to an aromatic ring is 1. The molecule has 4 N–H and O–H groups in total. The van der Waals surface area contributed by atoms with Crippen LogP contribution >= 0.6 is 0 Å². The number of benzene rings is 1. The lowest BCUT2D eigenvalue weighted by molar-refractivity contribution is 0.425. The van der Waals surface area contributed by atoms with Crippen molar-refractivity contribution in [3.8, 4) is 0 Å². The maximum atomic E-state index is 8.94. The third kappa shape index (κ3) is 2.23. The molecule has 0 saturated heterocycles. The molecule has 0 saturated carbocycles. The molecule has 0 bridgehead atoms. The van der Waals surface area contributed by atoms with Gasteiger partial charge in [-0.25, -0.2) is 0 Å². The van der Waals surface area contributed by atoms with Crippen molar-refractivity contribution in [2.24, 2.45) is 0 Å². The first kappa shape index (κ1) is 10.1. The van der Waals surface area contributed by atoms with Gasteiger partial charge in [0.1, 0.15) is 0 Å². The van der Waals surface area contributed by atoms with E-state index in [-0.39, 0.29) is 0 Å². The van der Waals surface area contributed by atoms with Crippen molar-refractivity contribution in [2.45, 2.75) is 19.8 Å². The molecule has 0 atom stereocenters. The van der Waals surface area contributed by atoms with E-state index in [1.807, 2.05) is 13.8 Å². The molecule has 0 fully saturated rings. The Morgan fingerprint density at radius 3 is 2.38 bits per heavy atom. The lowest BCUT2D eigenvalue weighted by atomic mass is 9.78. The Labute approximate surface area is 78.3 Å². The molecule has 0 amide bonds. The average molecular weight is 179 g/mol. The Bertz CT molecular complexity index is 300. The van der Waals surface area contributed by atoms with Gasteiger partial charge >= 0.3 is 7.12 Å². The molecule has 0 spiro atoms. The van der Waals surface area contributed by atoms with E-state index in [0.717, 1.165) is 5.56 Å². The van der Waals surface area contributed by atoms with E-state index in [2.05, 4.69) is 0 Å². The van der Waals surface area contributed by atoms with Gasteiger partial charge in [0, 0.05) is 5.69 Å². The Kier molecular flexibility index (Phi) is 2.96. The van der Waals surface area contributed by atoms with Crippen LogP contribution in [0.1, 0.15) is 25.3 Å². The van der Waals surface area contributed by atoms with E-state index in [1.165, 1.54) is 0 Å². The molecule has 1 aromatic carbocycles. The van der Waals surface area contributed by atoms with Crippen LogP contribution in [0.15, 0.2) is 18.2 Å². The molecule has 0 radical (unpaired) electrons. The van der Waals surface area contributed by atoms with Gasteiger partial charge in [0.05, 0.1) is 0 Å². The van der Waals surface area contributed by atoms with Crippen LogP contribution in [0, 0.1) is 0 Å². The second-order valence-electron chi connectivity index (χ2n) is 3.42. The summed E-state index contributed by atoms with van der Waals surface area (Å²) in [6, 6.07) is 5.04. The molecular formula is C9H14BNO2. The first-order valence-corrected chi connectivity index (χ1v) is 4.28. The molecular weight excluding hydrogens is 165 g/mol. The van der Waals surface area contributed by atoms with E-state index >= 15 is 0 Å². The SMILES string of the molecule is CC(C)c1cc(B(O)O)ccc1N. The third-order valence-corrected chi connectivity index (χ3v) is 2.03. The number of hydrogen-bond acceptors (Lipinski definition) is 3. The zero-order valence-electron chi connectivity index (χ0n) is 7.86. The molecule has 70 valence electrons. The summed E-state index contributed by atoms with van der Waals surface area (Å²) in [5, 5.41) is 17.9. The third-order valence-electron chi connectivity index (χ3n) is 2.03. The Balaban J connectivity index is 3.11. The second-order valence-corrected chi connectivity index (χ2v) is 3.42. The zero-order valence-corrected chi connectivity index (χ0v) is 7.86. The lowest BCUT2D eigenvalue weighted by Crippen LogP contribution is -2.30. The molecule has 1 rings (SSSR count). The van der Waals surface area contributed by atoms with E-state index in [9.17, 15) is 0 Å². The van der Waals surface area contributed by atoms with E-state index in [4.69, 9.17) is 15.8 Å². The largest absolute Gasteiger partial charge is 0.488 e. The van der Waals surface area contributed by atoms with Crippen LogP contribution in [0.4, 0.5) is 5.69 Å². The highest BCUT2D eigenvalue weighted by molar-refractivity contribution is 6.58. The van der Waals surface area contributed by atoms with Crippen LogP contribution in [0.5, 0.6) is 0 Å². The van der Waals surface area contributed by atoms with Crippen LogP contribution in [0.2, 0.25) is 0 Å². The predicted molar refractivity (Wildman–Crippen MR) is 54.8 cm³/mol. The monoisotopic (exact) mass is 179 g/mol. The fraction of sp³-hybridized carbons (Fsp3) is 0.333. The Hall–Kier alpha value is -0.995. The van der Waals surface area contributed by atoms with Gasteiger partial charge in [0.15, 0.2) is 0 Å². The van der Waals surface area contributed by atoms with Crippen LogP contribution in [0.3, 0.4) is 0 Å². The molecule has 0 unspecified atom stereocenters. The number of hydrogen-bond donors (Lipinski definition) is 3. The minimum absolute atomic E-state index is 0.290. The van der Waals surface area contributed by atoms with Crippen molar-refractivity contribution < 1.29 is 10.0 Å². The van der Waals surface area contributed by atoms with Gasteiger partial charge in [0.25, 0.3) is 0 Å². The molecule has 0 aliphatic carbocycles. The van der Waals surface area contributed by atoms with Crippen molar-refractivity contribution in [1.29, 1.82) is 0 Å². The van der Waals surface area contributed by atoms with Gasteiger partial charge in [-0.1, -0.05) is 26.0 Å².